The number of nitrogens with two attached hydrogens (primary N) is 1. The lowest BCUT2D eigenvalue weighted by Crippen LogP contribution is -2.47. The first-order valence-electron chi connectivity index (χ1n) is 9.20. The molecule has 0 spiro atoms. The summed E-state index contributed by atoms with van der Waals surface area (Å²) in [5.41, 5.74) is 8.97. The van der Waals surface area contributed by atoms with E-state index in [4.69, 9.17) is 33.9 Å². The van der Waals surface area contributed by atoms with Gasteiger partial charge in [-0.05, 0) is 38.2 Å². The lowest BCUT2D eigenvalue weighted by Gasteiger charge is -2.42. The highest BCUT2D eigenvalue weighted by Crippen LogP contribution is 2.37. The minimum atomic E-state index is -0.186. The van der Waals surface area contributed by atoms with E-state index in [2.05, 4.69) is 23.7 Å². The number of halogens is 2. The Kier molecular flexibility index (Phi) is 5.96. The molecule has 146 valence electrons. The van der Waals surface area contributed by atoms with Gasteiger partial charge in [0, 0.05) is 24.7 Å². The molecule has 1 aromatic carbocycles. The number of rotatable bonds is 4. The second-order valence-electron chi connectivity index (χ2n) is 7.62. The summed E-state index contributed by atoms with van der Waals surface area (Å²) in [4.78, 5) is 11.7. The lowest BCUT2D eigenvalue weighted by molar-refractivity contribution is 0.204. The van der Waals surface area contributed by atoms with Crippen molar-refractivity contribution in [3.63, 3.8) is 0 Å². The summed E-state index contributed by atoms with van der Waals surface area (Å²) in [5.74, 6) is 0.739. The minimum Gasteiger partial charge on any atom is -0.390 e. The fourth-order valence-corrected chi connectivity index (χ4v) is 3.92. The number of benzene rings is 1. The Bertz CT molecular complexity index is 833. The van der Waals surface area contributed by atoms with Crippen molar-refractivity contribution in [2.24, 2.45) is 11.1 Å². The van der Waals surface area contributed by atoms with Crippen molar-refractivity contribution in [2.45, 2.75) is 46.3 Å². The van der Waals surface area contributed by atoms with Gasteiger partial charge < -0.3 is 15.7 Å². The van der Waals surface area contributed by atoms with E-state index in [1.165, 1.54) is 0 Å². The predicted molar refractivity (Wildman–Crippen MR) is 111 cm³/mol. The number of anilines is 1. The zero-order valence-corrected chi connectivity index (χ0v) is 17.5. The van der Waals surface area contributed by atoms with Gasteiger partial charge in [-0.2, -0.15) is 0 Å². The molecule has 3 N–H and O–H groups in total. The van der Waals surface area contributed by atoms with E-state index in [0.29, 0.717) is 21.4 Å². The zero-order valence-electron chi connectivity index (χ0n) is 16.0. The van der Waals surface area contributed by atoms with Gasteiger partial charge in [0.15, 0.2) is 5.82 Å². The molecule has 1 aromatic heterocycles. The molecule has 7 heteroatoms. The molecule has 2 aromatic rings. The first-order chi connectivity index (χ1) is 12.8. The van der Waals surface area contributed by atoms with Crippen LogP contribution in [0.3, 0.4) is 0 Å². The average Bonchev–Trinajstić information content (AvgIpc) is 2.64. The fraction of sp³-hybridized carbons (Fsp3) is 0.500. The first kappa shape index (κ1) is 20.3. The lowest BCUT2D eigenvalue weighted by atomic mass is 9.75. The number of aromatic nitrogens is 2. The number of hydrogen-bond acceptors (Lipinski definition) is 5. The van der Waals surface area contributed by atoms with Gasteiger partial charge in [-0.3, -0.25) is 0 Å². The van der Waals surface area contributed by atoms with Crippen LogP contribution in [0.1, 0.15) is 38.1 Å². The van der Waals surface area contributed by atoms with Crippen LogP contribution in [0.2, 0.25) is 10.0 Å². The van der Waals surface area contributed by atoms with E-state index in [1.54, 1.807) is 6.07 Å². The van der Waals surface area contributed by atoms with Crippen molar-refractivity contribution in [1.29, 1.82) is 0 Å². The number of hydrogen-bond donors (Lipinski definition) is 2. The van der Waals surface area contributed by atoms with Gasteiger partial charge >= 0.3 is 0 Å². The van der Waals surface area contributed by atoms with Crippen molar-refractivity contribution in [1.82, 2.24) is 9.97 Å². The zero-order chi connectivity index (χ0) is 19.8. The quantitative estimate of drug-likeness (QED) is 0.792. The molecular weight excluding hydrogens is 383 g/mol. The summed E-state index contributed by atoms with van der Waals surface area (Å²) in [6.07, 6.45) is 1.97. The maximum atomic E-state index is 9.92. The number of aryl methyl sites for hydroxylation is 1. The molecule has 27 heavy (non-hydrogen) atoms. The molecule has 0 aliphatic carbocycles. The Morgan fingerprint density at radius 3 is 2.52 bits per heavy atom. The van der Waals surface area contributed by atoms with E-state index in [1.807, 2.05) is 19.1 Å². The standard InChI is InChI=1S/C20H26Cl2N4O/c1-12-18(14-5-4-6-15(21)17(14)22)25-16(11-27)19(24-12)26-9-7-20(3,8-10-26)13(2)23/h4-6,13,27H,7-11,23H2,1-3H3/t13-/m0/s1. The summed E-state index contributed by atoms with van der Waals surface area (Å²) in [5, 5.41) is 10.8. The van der Waals surface area contributed by atoms with Crippen molar-refractivity contribution < 1.29 is 5.11 Å². The normalized spacial score (nSPS) is 17.8. The smallest absolute Gasteiger partial charge is 0.153 e. The Balaban J connectivity index is 1.95. The van der Waals surface area contributed by atoms with Crippen LogP contribution in [0.4, 0.5) is 5.82 Å². The van der Waals surface area contributed by atoms with Gasteiger partial charge in [0.25, 0.3) is 0 Å². The highest BCUT2D eigenvalue weighted by molar-refractivity contribution is 6.43. The molecule has 0 bridgehead atoms. The van der Waals surface area contributed by atoms with E-state index < -0.39 is 0 Å². The topological polar surface area (TPSA) is 75.3 Å². The van der Waals surface area contributed by atoms with Gasteiger partial charge in [0.2, 0.25) is 0 Å². The van der Waals surface area contributed by atoms with Gasteiger partial charge in [-0.15, -0.1) is 0 Å². The molecule has 0 radical (unpaired) electrons. The van der Waals surface area contributed by atoms with E-state index >= 15 is 0 Å². The molecule has 0 saturated carbocycles. The van der Waals surface area contributed by atoms with Crippen LogP contribution in [0, 0.1) is 12.3 Å². The Morgan fingerprint density at radius 2 is 1.93 bits per heavy atom. The molecule has 1 fully saturated rings. The Hall–Kier alpha value is -1.40. The maximum absolute atomic E-state index is 9.92. The summed E-state index contributed by atoms with van der Waals surface area (Å²) >= 11 is 12.5. The van der Waals surface area contributed by atoms with Gasteiger partial charge in [0.05, 0.1) is 28.0 Å². The van der Waals surface area contributed by atoms with Crippen LogP contribution in [0.5, 0.6) is 0 Å². The van der Waals surface area contributed by atoms with Crippen LogP contribution >= 0.6 is 23.2 Å². The second-order valence-corrected chi connectivity index (χ2v) is 8.40. The third kappa shape index (κ3) is 3.92. The third-order valence-electron chi connectivity index (χ3n) is 5.78. The van der Waals surface area contributed by atoms with Crippen molar-refractivity contribution in [3.05, 3.63) is 39.6 Å². The van der Waals surface area contributed by atoms with Crippen molar-refractivity contribution >= 4 is 29.0 Å². The van der Waals surface area contributed by atoms with Crippen LogP contribution in [0.15, 0.2) is 18.2 Å². The van der Waals surface area contributed by atoms with Crippen molar-refractivity contribution in [3.8, 4) is 11.3 Å². The second kappa shape index (κ2) is 7.92. The van der Waals surface area contributed by atoms with E-state index in [0.717, 1.165) is 43.0 Å². The molecule has 1 saturated heterocycles. The largest absolute Gasteiger partial charge is 0.390 e. The molecule has 2 heterocycles. The summed E-state index contributed by atoms with van der Waals surface area (Å²) in [6.45, 7) is 7.72. The average molecular weight is 409 g/mol. The highest BCUT2D eigenvalue weighted by atomic mass is 35.5. The molecule has 0 amide bonds. The van der Waals surface area contributed by atoms with Crippen LogP contribution < -0.4 is 10.6 Å². The van der Waals surface area contributed by atoms with Gasteiger partial charge in [-0.25, -0.2) is 9.97 Å². The van der Waals surface area contributed by atoms with E-state index in [-0.39, 0.29) is 18.1 Å². The monoisotopic (exact) mass is 408 g/mol. The molecule has 1 aliphatic heterocycles. The summed E-state index contributed by atoms with van der Waals surface area (Å²) in [7, 11) is 0. The third-order valence-corrected chi connectivity index (χ3v) is 6.60. The number of aliphatic hydroxyl groups is 1. The predicted octanol–water partition coefficient (Wildman–Crippen LogP) is 4.20. The van der Waals surface area contributed by atoms with Crippen LogP contribution in [-0.4, -0.2) is 34.2 Å². The highest BCUT2D eigenvalue weighted by Gasteiger charge is 2.34. The molecule has 5 nitrogen and oxygen atoms in total. The Morgan fingerprint density at radius 1 is 1.26 bits per heavy atom. The molecule has 0 unspecified atom stereocenters. The minimum absolute atomic E-state index is 0.132. The van der Waals surface area contributed by atoms with Gasteiger partial charge in [0.1, 0.15) is 5.69 Å². The SMILES string of the molecule is Cc1nc(N2CCC(C)([C@H](C)N)CC2)c(CO)nc1-c1cccc(Cl)c1Cl. The molecule has 3 rings (SSSR count). The van der Waals surface area contributed by atoms with Gasteiger partial charge in [-0.1, -0.05) is 42.3 Å². The van der Waals surface area contributed by atoms with E-state index in [9.17, 15) is 5.11 Å². The number of nitrogens with zero attached hydrogens (tertiary/aromatic N) is 3. The molecular formula is C20H26Cl2N4O. The maximum Gasteiger partial charge on any atom is 0.153 e. The van der Waals surface area contributed by atoms with Crippen LogP contribution in [0.25, 0.3) is 11.3 Å². The molecule has 1 aliphatic rings. The first-order valence-corrected chi connectivity index (χ1v) is 9.95. The summed E-state index contributed by atoms with van der Waals surface area (Å²) in [6, 6.07) is 5.58. The summed E-state index contributed by atoms with van der Waals surface area (Å²) < 4.78 is 0. The fourth-order valence-electron chi connectivity index (χ4n) is 3.53. The Labute approximate surface area is 170 Å². The molecule has 1 atom stereocenters. The number of aliphatic hydroxyl groups excluding tert-OH is 1. The van der Waals surface area contributed by atoms with Crippen molar-refractivity contribution in [2.75, 3.05) is 18.0 Å². The van der Waals surface area contributed by atoms with Crippen LogP contribution in [-0.2, 0) is 6.61 Å². The number of piperidine rings is 1.